The third-order valence-electron chi connectivity index (χ3n) is 4.04. The number of hydrogen-bond donors (Lipinski definition) is 2. The first kappa shape index (κ1) is 24.7. The minimum Gasteiger partial charge on any atom is -0.450 e. The Labute approximate surface area is 190 Å². The molecule has 2 aromatic heterocycles. The average Bonchev–Trinajstić information content (AvgIpc) is 3.35. The number of rotatable bonds is 10. The van der Waals surface area contributed by atoms with Crippen molar-refractivity contribution in [1.29, 1.82) is 0 Å². The van der Waals surface area contributed by atoms with Crippen LogP contribution in [0.3, 0.4) is 0 Å². The summed E-state index contributed by atoms with van der Waals surface area (Å²) in [6.07, 6.45) is -0.911. The van der Waals surface area contributed by atoms with Gasteiger partial charge in [-0.1, -0.05) is 12.1 Å². The second-order valence-corrected chi connectivity index (χ2v) is 9.93. The average molecular weight is 468 g/mol. The number of nitrogens with two attached hydrogens (primary N) is 1. The molecule has 170 valence electrons. The topological polar surface area (TPSA) is 111 Å². The quantitative estimate of drug-likeness (QED) is 0.511. The highest BCUT2D eigenvalue weighted by atomic mass is 32.1. The molecule has 0 aliphatic heterocycles. The molecule has 0 bridgehead atoms. The van der Waals surface area contributed by atoms with Gasteiger partial charge in [-0.25, -0.2) is 9.59 Å². The molecule has 2 heterocycles. The molecular weight excluding hydrogens is 438 g/mol. The summed E-state index contributed by atoms with van der Waals surface area (Å²) in [7, 11) is 0. The number of hydrogen-bond acceptors (Lipinski definition) is 7. The molecule has 3 amide bonds. The predicted octanol–water partition coefficient (Wildman–Crippen LogP) is 4.11. The Hall–Kier alpha value is -2.59. The lowest BCUT2D eigenvalue weighted by Gasteiger charge is -2.28. The molecule has 10 heteroatoms. The van der Waals surface area contributed by atoms with Gasteiger partial charge in [-0.15, -0.1) is 22.7 Å². The lowest BCUT2D eigenvalue weighted by Crippen LogP contribution is -2.49. The van der Waals surface area contributed by atoms with E-state index in [0.29, 0.717) is 19.5 Å². The van der Waals surface area contributed by atoms with E-state index in [0.717, 1.165) is 9.75 Å². The van der Waals surface area contributed by atoms with E-state index in [1.165, 1.54) is 0 Å². The largest absolute Gasteiger partial charge is 0.450 e. The van der Waals surface area contributed by atoms with E-state index in [2.05, 4.69) is 5.32 Å². The standard InChI is InChI=1S/C21H29N3O5S2/c1-21(2,3)29-20(27)23-17(9-4-10-28-19(22)26)18(25)24(13-15-7-5-11-30-15)14-16-8-6-12-31-16/h5-8,11-12,17H,4,9-10,13-14H2,1-3H3,(H2,22,26)(H,23,27)/t17-/m0/s1. The molecule has 8 nitrogen and oxygen atoms in total. The fourth-order valence-electron chi connectivity index (χ4n) is 2.78. The van der Waals surface area contributed by atoms with Crippen LogP contribution in [0.1, 0.15) is 43.4 Å². The van der Waals surface area contributed by atoms with Crippen LogP contribution in [0.2, 0.25) is 0 Å². The van der Waals surface area contributed by atoms with Crippen LogP contribution in [0, 0.1) is 0 Å². The SMILES string of the molecule is CC(C)(C)OC(=O)N[C@@H](CCCOC(N)=O)C(=O)N(Cc1cccs1)Cc1cccs1. The third-order valence-corrected chi connectivity index (χ3v) is 5.76. The van der Waals surface area contributed by atoms with E-state index in [1.807, 2.05) is 35.0 Å². The highest BCUT2D eigenvalue weighted by Gasteiger charge is 2.28. The van der Waals surface area contributed by atoms with Gasteiger partial charge in [0.1, 0.15) is 11.6 Å². The summed E-state index contributed by atoms with van der Waals surface area (Å²) >= 11 is 3.13. The van der Waals surface area contributed by atoms with Crippen molar-refractivity contribution in [3.63, 3.8) is 0 Å². The summed E-state index contributed by atoms with van der Waals surface area (Å²) in [5, 5.41) is 6.60. The van der Waals surface area contributed by atoms with Crippen molar-refractivity contribution in [3.8, 4) is 0 Å². The fraction of sp³-hybridized carbons (Fsp3) is 0.476. The number of primary amides is 1. The molecule has 0 unspecified atom stereocenters. The third kappa shape index (κ3) is 9.39. The number of nitrogens with zero attached hydrogens (tertiary/aromatic N) is 1. The van der Waals surface area contributed by atoms with Gasteiger partial charge in [0, 0.05) is 9.75 Å². The van der Waals surface area contributed by atoms with Crippen molar-refractivity contribution in [2.75, 3.05) is 6.61 Å². The van der Waals surface area contributed by atoms with Gasteiger partial charge in [-0.3, -0.25) is 4.79 Å². The van der Waals surface area contributed by atoms with E-state index in [1.54, 1.807) is 48.3 Å². The normalized spacial score (nSPS) is 12.1. The molecule has 0 aliphatic rings. The van der Waals surface area contributed by atoms with Crippen LogP contribution in [-0.2, 0) is 27.4 Å². The van der Waals surface area contributed by atoms with Gasteiger partial charge in [-0.2, -0.15) is 0 Å². The van der Waals surface area contributed by atoms with Crippen LogP contribution < -0.4 is 11.1 Å². The Morgan fingerprint density at radius 1 is 1.10 bits per heavy atom. The second kappa shape index (κ2) is 11.7. The monoisotopic (exact) mass is 467 g/mol. The fourth-order valence-corrected chi connectivity index (χ4v) is 4.22. The number of thiophene rings is 2. The van der Waals surface area contributed by atoms with Crippen molar-refractivity contribution in [2.45, 2.75) is 58.3 Å². The second-order valence-electron chi connectivity index (χ2n) is 7.86. The zero-order valence-corrected chi connectivity index (χ0v) is 19.6. The van der Waals surface area contributed by atoms with Crippen LogP contribution in [-0.4, -0.2) is 41.2 Å². The maximum Gasteiger partial charge on any atom is 0.408 e. The highest BCUT2D eigenvalue weighted by molar-refractivity contribution is 7.10. The Kier molecular flexibility index (Phi) is 9.32. The molecule has 2 rings (SSSR count). The number of carbonyl (C=O) groups is 3. The molecule has 3 N–H and O–H groups in total. The Morgan fingerprint density at radius 3 is 2.13 bits per heavy atom. The van der Waals surface area contributed by atoms with Crippen LogP contribution in [0.5, 0.6) is 0 Å². The zero-order chi connectivity index (χ0) is 22.9. The Bertz CT molecular complexity index is 796. The highest BCUT2D eigenvalue weighted by Crippen LogP contribution is 2.19. The van der Waals surface area contributed by atoms with Crippen LogP contribution >= 0.6 is 22.7 Å². The minimum absolute atomic E-state index is 0.0605. The summed E-state index contributed by atoms with van der Waals surface area (Å²) in [6.45, 7) is 6.18. The van der Waals surface area contributed by atoms with Gasteiger partial charge in [-0.05, 0) is 56.5 Å². The molecule has 0 saturated carbocycles. The maximum absolute atomic E-state index is 13.5. The van der Waals surface area contributed by atoms with Gasteiger partial charge < -0.3 is 25.4 Å². The molecular formula is C21H29N3O5S2. The van der Waals surface area contributed by atoms with Gasteiger partial charge in [0.2, 0.25) is 5.91 Å². The van der Waals surface area contributed by atoms with Crippen molar-refractivity contribution < 1.29 is 23.9 Å². The first-order valence-corrected chi connectivity index (χ1v) is 11.7. The summed E-state index contributed by atoms with van der Waals surface area (Å²) in [5.41, 5.74) is 4.30. The number of carbonyl (C=O) groups excluding carboxylic acids is 3. The summed E-state index contributed by atoms with van der Waals surface area (Å²) < 4.78 is 10.1. The van der Waals surface area contributed by atoms with E-state index >= 15 is 0 Å². The lowest BCUT2D eigenvalue weighted by atomic mass is 10.1. The molecule has 1 atom stereocenters. The number of nitrogens with one attached hydrogen (secondary N) is 1. The summed E-state index contributed by atoms with van der Waals surface area (Å²) in [4.78, 5) is 40.4. The van der Waals surface area contributed by atoms with Crippen LogP contribution in [0.25, 0.3) is 0 Å². The van der Waals surface area contributed by atoms with Crippen molar-refractivity contribution in [2.24, 2.45) is 5.73 Å². The van der Waals surface area contributed by atoms with Crippen LogP contribution in [0.15, 0.2) is 35.0 Å². The molecule has 0 fully saturated rings. The Balaban J connectivity index is 2.15. The summed E-state index contributed by atoms with van der Waals surface area (Å²) in [5.74, 6) is -0.230. The van der Waals surface area contributed by atoms with Crippen molar-refractivity contribution >= 4 is 40.8 Å². The van der Waals surface area contributed by atoms with E-state index in [-0.39, 0.29) is 18.9 Å². The summed E-state index contributed by atoms with van der Waals surface area (Å²) in [6, 6.07) is 6.98. The smallest absolute Gasteiger partial charge is 0.408 e. The molecule has 0 spiro atoms. The molecule has 2 aromatic rings. The molecule has 0 aromatic carbocycles. The van der Waals surface area contributed by atoms with E-state index in [4.69, 9.17) is 15.2 Å². The van der Waals surface area contributed by atoms with Crippen molar-refractivity contribution in [1.82, 2.24) is 10.2 Å². The van der Waals surface area contributed by atoms with Crippen LogP contribution in [0.4, 0.5) is 9.59 Å². The lowest BCUT2D eigenvalue weighted by molar-refractivity contribution is -0.135. The first-order chi connectivity index (χ1) is 14.6. The van der Waals surface area contributed by atoms with E-state index in [9.17, 15) is 14.4 Å². The molecule has 0 radical (unpaired) electrons. The zero-order valence-electron chi connectivity index (χ0n) is 18.0. The molecule has 0 aliphatic carbocycles. The molecule has 31 heavy (non-hydrogen) atoms. The number of ether oxygens (including phenoxy) is 2. The van der Waals surface area contributed by atoms with Gasteiger partial charge in [0.15, 0.2) is 0 Å². The Morgan fingerprint density at radius 2 is 1.68 bits per heavy atom. The number of amides is 3. The van der Waals surface area contributed by atoms with Gasteiger partial charge in [0.25, 0.3) is 0 Å². The number of alkyl carbamates (subject to hydrolysis) is 1. The van der Waals surface area contributed by atoms with Gasteiger partial charge >= 0.3 is 12.2 Å². The van der Waals surface area contributed by atoms with E-state index < -0.39 is 23.8 Å². The predicted molar refractivity (Wildman–Crippen MR) is 121 cm³/mol. The first-order valence-electron chi connectivity index (χ1n) is 9.89. The minimum atomic E-state index is -0.875. The maximum atomic E-state index is 13.5. The van der Waals surface area contributed by atoms with Crippen molar-refractivity contribution in [3.05, 3.63) is 44.8 Å². The molecule has 0 saturated heterocycles. The van der Waals surface area contributed by atoms with Gasteiger partial charge in [0.05, 0.1) is 19.7 Å².